The maximum Gasteiger partial charge on any atom is 0.127 e. The fourth-order valence-electron chi connectivity index (χ4n) is 2.00. The van der Waals surface area contributed by atoms with Gasteiger partial charge in [-0.1, -0.05) is 36.2 Å². The molecule has 0 amide bonds. The quantitative estimate of drug-likeness (QED) is 0.739. The SMILES string of the molecule is CCCNCc1cc(-c2cc(Cl)ccc2Cl)ccc1F. The van der Waals surface area contributed by atoms with E-state index in [0.29, 0.717) is 22.2 Å². The van der Waals surface area contributed by atoms with Crippen LogP contribution in [0.2, 0.25) is 10.0 Å². The van der Waals surface area contributed by atoms with Crippen molar-refractivity contribution in [1.82, 2.24) is 5.32 Å². The summed E-state index contributed by atoms with van der Waals surface area (Å²) in [5, 5.41) is 4.41. The third-order valence-corrected chi connectivity index (χ3v) is 3.59. The van der Waals surface area contributed by atoms with Crippen LogP contribution in [0.4, 0.5) is 4.39 Å². The lowest BCUT2D eigenvalue weighted by Gasteiger charge is -2.10. The largest absolute Gasteiger partial charge is 0.313 e. The van der Waals surface area contributed by atoms with Gasteiger partial charge >= 0.3 is 0 Å². The summed E-state index contributed by atoms with van der Waals surface area (Å²) in [7, 11) is 0. The van der Waals surface area contributed by atoms with E-state index in [9.17, 15) is 4.39 Å². The Labute approximate surface area is 128 Å². The van der Waals surface area contributed by atoms with E-state index in [4.69, 9.17) is 23.2 Å². The van der Waals surface area contributed by atoms with E-state index in [1.54, 1.807) is 24.3 Å². The van der Waals surface area contributed by atoms with Crippen LogP contribution in [0.3, 0.4) is 0 Å². The lowest BCUT2D eigenvalue weighted by atomic mass is 10.0. The summed E-state index contributed by atoms with van der Waals surface area (Å²) >= 11 is 12.2. The van der Waals surface area contributed by atoms with Crippen molar-refractivity contribution in [2.45, 2.75) is 19.9 Å². The van der Waals surface area contributed by atoms with Gasteiger partial charge in [0, 0.05) is 27.7 Å². The van der Waals surface area contributed by atoms with Crippen LogP contribution < -0.4 is 5.32 Å². The molecule has 0 heterocycles. The second-order valence-electron chi connectivity index (χ2n) is 4.61. The number of benzene rings is 2. The molecule has 2 aromatic rings. The van der Waals surface area contributed by atoms with Gasteiger partial charge in [0.1, 0.15) is 5.82 Å². The molecule has 2 aromatic carbocycles. The van der Waals surface area contributed by atoms with Crippen molar-refractivity contribution >= 4 is 23.2 Å². The number of hydrogen-bond acceptors (Lipinski definition) is 1. The first-order valence-electron chi connectivity index (χ1n) is 6.56. The van der Waals surface area contributed by atoms with Crippen LogP contribution in [0.1, 0.15) is 18.9 Å². The van der Waals surface area contributed by atoms with Gasteiger partial charge in [-0.2, -0.15) is 0 Å². The Kier molecular flexibility index (Phi) is 5.41. The fraction of sp³-hybridized carbons (Fsp3) is 0.250. The molecular weight excluding hydrogens is 296 g/mol. The Balaban J connectivity index is 2.33. The van der Waals surface area contributed by atoms with E-state index in [0.717, 1.165) is 24.1 Å². The smallest absolute Gasteiger partial charge is 0.127 e. The summed E-state index contributed by atoms with van der Waals surface area (Å²) in [5.74, 6) is -0.212. The maximum atomic E-state index is 13.8. The van der Waals surface area contributed by atoms with E-state index in [2.05, 4.69) is 12.2 Å². The molecule has 1 nitrogen and oxygen atoms in total. The van der Waals surface area contributed by atoms with Crippen LogP contribution in [0.15, 0.2) is 36.4 Å². The highest BCUT2D eigenvalue weighted by Crippen LogP contribution is 2.31. The van der Waals surface area contributed by atoms with Crippen molar-refractivity contribution in [3.05, 3.63) is 57.8 Å². The standard InChI is InChI=1S/C16H16Cl2FN/c1-2-7-20-10-12-8-11(3-6-16(12)19)14-9-13(17)4-5-15(14)18/h3-6,8-9,20H,2,7,10H2,1H3. The first-order chi connectivity index (χ1) is 9.61. The first kappa shape index (κ1) is 15.3. The van der Waals surface area contributed by atoms with E-state index >= 15 is 0 Å². The van der Waals surface area contributed by atoms with E-state index in [1.165, 1.54) is 6.07 Å². The summed E-state index contributed by atoms with van der Waals surface area (Å²) < 4.78 is 13.8. The van der Waals surface area contributed by atoms with Crippen molar-refractivity contribution in [2.75, 3.05) is 6.54 Å². The van der Waals surface area contributed by atoms with Crippen LogP contribution in [0, 0.1) is 5.82 Å². The molecule has 20 heavy (non-hydrogen) atoms. The summed E-state index contributed by atoms with van der Waals surface area (Å²) in [6, 6.07) is 10.3. The Morgan fingerprint density at radius 3 is 2.65 bits per heavy atom. The molecule has 1 N–H and O–H groups in total. The number of halogens is 3. The van der Waals surface area contributed by atoms with Crippen molar-refractivity contribution < 1.29 is 4.39 Å². The molecule has 0 aromatic heterocycles. The molecule has 0 saturated heterocycles. The molecule has 0 aliphatic heterocycles. The van der Waals surface area contributed by atoms with Gasteiger partial charge in [0.15, 0.2) is 0 Å². The van der Waals surface area contributed by atoms with Gasteiger partial charge in [-0.05, 0) is 48.9 Å². The van der Waals surface area contributed by atoms with Crippen LogP contribution in [0.25, 0.3) is 11.1 Å². The molecule has 4 heteroatoms. The monoisotopic (exact) mass is 311 g/mol. The molecule has 106 valence electrons. The van der Waals surface area contributed by atoms with Crippen LogP contribution >= 0.6 is 23.2 Å². The van der Waals surface area contributed by atoms with Crippen molar-refractivity contribution in [2.24, 2.45) is 0 Å². The normalized spacial score (nSPS) is 10.8. The number of nitrogens with one attached hydrogen (secondary N) is 1. The van der Waals surface area contributed by atoms with Crippen LogP contribution in [-0.2, 0) is 6.54 Å². The van der Waals surface area contributed by atoms with Gasteiger partial charge < -0.3 is 5.32 Å². The average Bonchev–Trinajstić information content (AvgIpc) is 2.44. The molecular formula is C16H16Cl2FN. The van der Waals surface area contributed by atoms with Gasteiger partial charge in [-0.25, -0.2) is 4.39 Å². The molecule has 0 fully saturated rings. The van der Waals surface area contributed by atoms with Gasteiger partial charge in [0.05, 0.1) is 0 Å². The molecule has 0 aliphatic rings. The van der Waals surface area contributed by atoms with Crippen molar-refractivity contribution in [3.63, 3.8) is 0 Å². The minimum Gasteiger partial charge on any atom is -0.313 e. The third-order valence-electron chi connectivity index (χ3n) is 3.03. The highest BCUT2D eigenvalue weighted by Gasteiger charge is 2.08. The van der Waals surface area contributed by atoms with E-state index in [1.807, 2.05) is 6.07 Å². The summed E-state index contributed by atoms with van der Waals surface area (Å²) in [6.45, 7) is 3.44. The molecule has 0 spiro atoms. The molecule has 0 bridgehead atoms. The Hall–Kier alpha value is -1.09. The number of hydrogen-bond donors (Lipinski definition) is 1. The maximum absolute atomic E-state index is 13.8. The second kappa shape index (κ2) is 7.07. The molecule has 0 unspecified atom stereocenters. The highest BCUT2D eigenvalue weighted by atomic mass is 35.5. The average molecular weight is 312 g/mol. The molecule has 0 aliphatic carbocycles. The predicted octanol–water partition coefficient (Wildman–Crippen LogP) is 5.30. The van der Waals surface area contributed by atoms with Gasteiger partial charge in [-0.3, -0.25) is 0 Å². The molecule has 0 saturated carbocycles. The molecule has 2 rings (SSSR count). The van der Waals surface area contributed by atoms with Gasteiger partial charge in [-0.15, -0.1) is 0 Å². The number of rotatable bonds is 5. The van der Waals surface area contributed by atoms with Gasteiger partial charge in [0.25, 0.3) is 0 Å². The minimum atomic E-state index is -0.212. The van der Waals surface area contributed by atoms with Crippen molar-refractivity contribution in [1.29, 1.82) is 0 Å². The first-order valence-corrected chi connectivity index (χ1v) is 7.32. The Bertz CT molecular complexity index is 599. The fourth-order valence-corrected chi connectivity index (χ4v) is 2.40. The lowest BCUT2D eigenvalue weighted by Crippen LogP contribution is -2.14. The van der Waals surface area contributed by atoms with E-state index < -0.39 is 0 Å². The topological polar surface area (TPSA) is 12.0 Å². The summed E-state index contributed by atoms with van der Waals surface area (Å²) in [6.07, 6.45) is 1.02. The minimum absolute atomic E-state index is 0.212. The van der Waals surface area contributed by atoms with Crippen molar-refractivity contribution in [3.8, 4) is 11.1 Å². The second-order valence-corrected chi connectivity index (χ2v) is 5.45. The lowest BCUT2D eigenvalue weighted by molar-refractivity contribution is 0.587. The highest BCUT2D eigenvalue weighted by molar-refractivity contribution is 6.35. The Morgan fingerprint density at radius 1 is 1.10 bits per heavy atom. The zero-order valence-electron chi connectivity index (χ0n) is 11.2. The molecule has 0 radical (unpaired) electrons. The predicted molar refractivity (Wildman–Crippen MR) is 83.9 cm³/mol. The van der Waals surface area contributed by atoms with E-state index in [-0.39, 0.29) is 5.82 Å². The zero-order valence-corrected chi connectivity index (χ0v) is 12.7. The van der Waals surface area contributed by atoms with Gasteiger partial charge in [0.2, 0.25) is 0 Å². The third kappa shape index (κ3) is 3.72. The summed E-state index contributed by atoms with van der Waals surface area (Å²) in [5.41, 5.74) is 2.31. The molecule has 0 atom stereocenters. The Morgan fingerprint density at radius 2 is 1.90 bits per heavy atom. The van der Waals surface area contributed by atoms with Crippen LogP contribution in [0.5, 0.6) is 0 Å². The van der Waals surface area contributed by atoms with Crippen LogP contribution in [-0.4, -0.2) is 6.54 Å². The summed E-state index contributed by atoms with van der Waals surface area (Å²) in [4.78, 5) is 0. The zero-order chi connectivity index (χ0) is 14.5.